The molecule has 16 heteroatoms. The van der Waals surface area contributed by atoms with Crippen molar-refractivity contribution in [1.29, 1.82) is 10.5 Å². The highest BCUT2D eigenvalue weighted by Crippen LogP contribution is 2.37. The van der Waals surface area contributed by atoms with Crippen LogP contribution < -0.4 is 15.5 Å². The van der Waals surface area contributed by atoms with Crippen LogP contribution in [-0.2, 0) is 11.3 Å². The molecule has 2 N–H and O–H groups in total. The maximum atomic E-state index is 12.2. The first-order valence-electron chi connectivity index (χ1n) is 19.3. The molecule has 6 heterocycles. The number of aromatic nitrogens is 7. The van der Waals surface area contributed by atoms with E-state index < -0.39 is 6.04 Å². The molecule has 1 saturated carbocycles. The third-order valence-corrected chi connectivity index (χ3v) is 11.2. The zero-order valence-electron chi connectivity index (χ0n) is 31.4. The molecule has 3 fully saturated rings. The third kappa shape index (κ3) is 8.07. The first kappa shape index (κ1) is 36.7. The lowest BCUT2D eigenvalue weighted by Gasteiger charge is -2.36. The predicted molar refractivity (Wildman–Crippen MR) is 208 cm³/mol. The van der Waals surface area contributed by atoms with Gasteiger partial charge in [0, 0.05) is 74.9 Å². The summed E-state index contributed by atoms with van der Waals surface area (Å²) in [4.78, 5) is 39.5. The first-order chi connectivity index (χ1) is 27.3. The van der Waals surface area contributed by atoms with Gasteiger partial charge in [0.2, 0.25) is 5.91 Å². The predicted octanol–water partition coefficient (Wildman–Crippen LogP) is 4.52. The summed E-state index contributed by atoms with van der Waals surface area (Å²) in [5.41, 5.74) is 5.39. The minimum absolute atomic E-state index is 0.221. The lowest BCUT2D eigenvalue weighted by Crippen LogP contribution is -2.49. The smallest absolute Gasteiger partial charge is 0.328 e. The number of amides is 3. The molecule has 16 nitrogen and oxygen atoms in total. The Bertz CT molecular complexity index is 2290. The summed E-state index contributed by atoms with van der Waals surface area (Å²) in [7, 11) is 0. The van der Waals surface area contributed by atoms with Gasteiger partial charge in [-0.15, -0.1) is 5.10 Å². The average molecular weight is 753 g/mol. The van der Waals surface area contributed by atoms with Crippen molar-refractivity contribution < 1.29 is 9.59 Å². The normalized spacial score (nSPS) is 20.0. The monoisotopic (exact) mass is 752 g/mol. The zero-order chi connectivity index (χ0) is 38.6. The maximum Gasteiger partial charge on any atom is 0.328 e. The Kier molecular flexibility index (Phi) is 10.7. The molecule has 1 aromatic carbocycles. The van der Waals surface area contributed by atoms with Gasteiger partial charge in [0.15, 0.2) is 11.5 Å². The van der Waals surface area contributed by atoms with E-state index in [0.717, 1.165) is 68.9 Å². The van der Waals surface area contributed by atoms with Crippen molar-refractivity contribution in [2.24, 2.45) is 5.92 Å². The van der Waals surface area contributed by atoms with Gasteiger partial charge in [0.25, 0.3) is 0 Å². The standard InChI is InChI=1S/C40H44N14O2/c1-27(20-41)46-34-19-37(54-39-32(23-45-54)18-30(21-42)22-44-39)43-24-36(34)53-26-35(48-49-53)31-6-2-28(3-7-31)10-12-50-14-16-51(17-15-50)25-29-4-8-33(9-5-29)52-13-11-38(55)47-40(52)56/h4-5,8-9,18-19,22-24,26-28,31H,2-3,6-7,10-17,25H2,1H3,(H,43,46)(H,47,55,56)/t27-,28?,31?/m1/s1. The fraction of sp³-hybridized carbons (Fsp3) is 0.425. The van der Waals surface area contributed by atoms with Crippen molar-refractivity contribution >= 4 is 34.3 Å². The Balaban J connectivity index is 0.816. The van der Waals surface area contributed by atoms with E-state index in [-0.39, 0.29) is 11.9 Å². The summed E-state index contributed by atoms with van der Waals surface area (Å²) in [5.74, 6) is 1.35. The number of imide groups is 1. The van der Waals surface area contributed by atoms with Crippen LogP contribution in [0.1, 0.15) is 68.2 Å². The van der Waals surface area contributed by atoms with Gasteiger partial charge in [-0.1, -0.05) is 17.3 Å². The van der Waals surface area contributed by atoms with Crippen LogP contribution in [0.3, 0.4) is 0 Å². The summed E-state index contributed by atoms with van der Waals surface area (Å²) < 4.78 is 3.35. The molecule has 3 amide bonds. The van der Waals surface area contributed by atoms with Crippen LogP contribution in [0.25, 0.3) is 22.5 Å². The number of hydrogen-bond acceptors (Lipinski definition) is 12. The number of nitrogens with one attached hydrogen (secondary N) is 2. The van der Waals surface area contributed by atoms with E-state index in [1.807, 2.05) is 24.4 Å². The molecule has 3 aliphatic rings. The molecule has 8 rings (SSSR count). The highest BCUT2D eigenvalue weighted by molar-refractivity contribution is 6.05. The molecule has 0 unspecified atom stereocenters. The molecule has 0 bridgehead atoms. The molecule has 0 spiro atoms. The second-order valence-corrected chi connectivity index (χ2v) is 15.0. The number of carbonyl (C=O) groups is 2. The van der Waals surface area contributed by atoms with E-state index in [2.05, 4.69) is 70.1 Å². The Labute approximate surface area is 324 Å². The molecule has 1 aliphatic carbocycles. The molecular formula is C40H44N14O2. The first-order valence-corrected chi connectivity index (χ1v) is 19.3. The second-order valence-electron chi connectivity index (χ2n) is 15.0. The van der Waals surface area contributed by atoms with Gasteiger partial charge in [-0.2, -0.15) is 20.3 Å². The Hall–Kier alpha value is -6.23. The topological polar surface area (TPSA) is 190 Å². The van der Waals surface area contributed by atoms with Crippen molar-refractivity contribution in [3.05, 3.63) is 78.0 Å². The van der Waals surface area contributed by atoms with Crippen LogP contribution in [0.5, 0.6) is 0 Å². The molecular weight excluding hydrogens is 709 g/mol. The molecule has 56 heavy (non-hydrogen) atoms. The van der Waals surface area contributed by atoms with E-state index in [1.54, 1.807) is 39.6 Å². The number of urea groups is 1. The molecule has 286 valence electrons. The van der Waals surface area contributed by atoms with Crippen molar-refractivity contribution in [2.75, 3.05) is 49.5 Å². The second kappa shape index (κ2) is 16.2. The number of benzene rings is 1. The molecule has 0 radical (unpaired) electrons. The number of piperazine rings is 1. The summed E-state index contributed by atoms with van der Waals surface area (Å²) in [6.07, 6.45) is 12.9. The number of nitriles is 2. The van der Waals surface area contributed by atoms with E-state index >= 15 is 0 Å². The van der Waals surface area contributed by atoms with Gasteiger partial charge in [-0.25, -0.2) is 19.4 Å². The fourth-order valence-electron chi connectivity index (χ4n) is 7.98. The number of anilines is 2. The number of rotatable bonds is 11. The molecule has 4 aromatic heterocycles. The maximum absolute atomic E-state index is 12.2. The van der Waals surface area contributed by atoms with Crippen molar-refractivity contribution in [2.45, 2.75) is 64.0 Å². The number of fused-ring (bicyclic) bond motifs is 1. The van der Waals surface area contributed by atoms with Gasteiger partial charge in [-0.3, -0.25) is 19.9 Å². The van der Waals surface area contributed by atoms with E-state index in [9.17, 15) is 20.1 Å². The molecule has 2 saturated heterocycles. The van der Waals surface area contributed by atoms with Gasteiger partial charge in [-0.05, 0) is 75.3 Å². The lowest BCUT2D eigenvalue weighted by molar-refractivity contribution is -0.120. The fourth-order valence-corrected chi connectivity index (χ4v) is 7.98. The van der Waals surface area contributed by atoms with Crippen molar-refractivity contribution in [3.8, 4) is 23.6 Å². The van der Waals surface area contributed by atoms with Crippen molar-refractivity contribution in [1.82, 2.24) is 49.9 Å². The highest BCUT2D eigenvalue weighted by Gasteiger charge is 2.27. The van der Waals surface area contributed by atoms with E-state index in [0.29, 0.717) is 53.2 Å². The van der Waals surface area contributed by atoms with Crippen LogP contribution in [-0.4, -0.2) is 102 Å². The minimum atomic E-state index is -0.464. The van der Waals surface area contributed by atoms with Crippen LogP contribution in [0.4, 0.5) is 16.2 Å². The summed E-state index contributed by atoms with van der Waals surface area (Å²) in [5, 5.41) is 38.8. The Morgan fingerprint density at radius 2 is 1.73 bits per heavy atom. The number of nitrogens with zero attached hydrogens (tertiary/aromatic N) is 12. The summed E-state index contributed by atoms with van der Waals surface area (Å²) in [6, 6.07) is 15.2. The number of pyridine rings is 2. The average Bonchev–Trinajstić information content (AvgIpc) is 3.89. The lowest BCUT2D eigenvalue weighted by atomic mass is 9.79. The molecule has 5 aromatic rings. The summed E-state index contributed by atoms with van der Waals surface area (Å²) >= 11 is 0. The van der Waals surface area contributed by atoms with Gasteiger partial charge >= 0.3 is 6.03 Å². The third-order valence-electron chi connectivity index (χ3n) is 11.2. The number of hydrogen-bond donors (Lipinski definition) is 2. The molecule has 1 atom stereocenters. The van der Waals surface area contributed by atoms with Gasteiger partial charge in [0.1, 0.15) is 17.8 Å². The van der Waals surface area contributed by atoms with E-state index in [1.165, 1.54) is 31.0 Å². The Morgan fingerprint density at radius 3 is 2.48 bits per heavy atom. The molecule has 2 aliphatic heterocycles. The highest BCUT2D eigenvalue weighted by atomic mass is 16.2. The van der Waals surface area contributed by atoms with Crippen LogP contribution >= 0.6 is 0 Å². The zero-order valence-corrected chi connectivity index (χ0v) is 31.4. The number of carbonyl (C=O) groups excluding carboxylic acids is 2. The SMILES string of the molecule is C[C@H](C#N)Nc1cc(-n2ncc3cc(C#N)cnc32)ncc1-n1cc(C2CCC(CCN3CCN(Cc4ccc(N5CCC(=O)NC5=O)cc4)CC3)CC2)nn1. The summed E-state index contributed by atoms with van der Waals surface area (Å²) in [6.45, 7) is 8.41. The van der Waals surface area contributed by atoms with Gasteiger partial charge in [0.05, 0.1) is 41.6 Å². The van der Waals surface area contributed by atoms with Crippen LogP contribution in [0.15, 0.2) is 61.2 Å². The van der Waals surface area contributed by atoms with Crippen molar-refractivity contribution in [3.63, 3.8) is 0 Å². The van der Waals surface area contributed by atoms with Crippen LogP contribution in [0, 0.1) is 28.6 Å². The van der Waals surface area contributed by atoms with Crippen LogP contribution in [0.2, 0.25) is 0 Å². The minimum Gasteiger partial charge on any atom is -0.368 e. The quantitative estimate of drug-likeness (QED) is 0.192. The van der Waals surface area contributed by atoms with Gasteiger partial charge < -0.3 is 10.2 Å². The van der Waals surface area contributed by atoms with E-state index in [4.69, 9.17) is 0 Å². The Morgan fingerprint density at radius 1 is 0.946 bits per heavy atom. The largest absolute Gasteiger partial charge is 0.368 e.